The lowest BCUT2D eigenvalue weighted by Crippen LogP contribution is -2.31. The molecule has 0 bridgehead atoms. The second-order valence-electron chi connectivity index (χ2n) is 7.59. The second-order valence-corrected chi connectivity index (χ2v) is 7.59. The van der Waals surface area contributed by atoms with E-state index in [1.807, 2.05) is 19.2 Å². The van der Waals surface area contributed by atoms with Crippen molar-refractivity contribution in [3.63, 3.8) is 0 Å². The Kier molecular flexibility index (Phi) is 6.20. The van der Waals surface area contributed by atoms with Crippen LogP contribution >= 0.6 is 0 Å². The van der Waals surface area contributed by atoms with Crippen molar-refractivity contribution in [3.8, 4) is 5.75 Å². The first-order valence-corrected chi connectivity index (χ1v) is 10.3. The molecule has 6 nitrogen and oxygen atoms in total. The van der Waals surface area contributed by atoms with Gasteiger partial charge in [-0.2, -0.15) is 0 Å². The molecule has 1 saturated heterocycles. The van der Waals surface area contributed by atoms with Crippen molar-refractivity contribution in [1.29, 1.82) is 0 Å². The van der Waals surface area contributed by atoms with E-state index >= 15 is 0 Å². The van der Waals surface area contributed by atoms with E-state index in [9.17, 15) is 0 Å². The number of benzene rings is 1. The molecule has 0 radical (unpaired) electrons. The van der Waals surface area contributed by atoms with Gasteiger partial charge in [0.1, 0.15) is 11.6 Å². The highest BCUT2D eigenvalue weighted by atomic mass is 16.5. The van der Waals surface area contributed by atoms with E-state index < -0.39 is 0 Å². The van der Waals surface area contributed by atoms with Crippen molar-refractivity contribution in [1.82, 2.24) is 20.2 Å². The second kappa shape index (κ2) is 8.99. The molecule has 0 amide bonds. The Hall–Kier alpha value is -2.02. The lowest BCUT2D eigenvalue weighted by atomic mass is 10.0. The molecule has 2 aromatic rings. The molecule has 2 aliphatic heterocycles. The van der Waals surface area contributed by atoms with E-state index in [0.717, 1.165) is 56.2 Å². The highest BCUT2D eigenvalue weighted by Gasteiger charge is 2.23. The van der Waals surface area contributed by atoms with Gasteiger partial charge in [0.15, 0.2) is 0 Å². The number of rotatable bonds is 7. The maximum atomic E-state index is 5.59. The van der Waals surface area contributed by atoms with E-state index in [4.69, 9.17) is 14.5 Å². The van der Waals surface area contributed by atoms with Crippen LogP contribution in [0.5, 0.6) is 5.75 Å². The Balaban J connectivity index is 1.43. The van der Waals surface area contributed by atoms with E-state index in [1.165, 1.54) is 23.2 Å². The van der Waals surface area contributed by atoms with Crippen LogP contribution in [0, 0.1) is 0 Å². The number of hydrogen-bond acceptors (Lipinski definition) is 6. The average molecular weight is 383 g/mol. The van der Waals surface area contributed by atoms with Crippen LogP contribution < -0.4 is 10.1 Å². The first-order chi connectivity index (χ1) is 13.8. The number of methoxy groups -OCH3 is 1. The van der Waals surface area contributed by atoms with Crippen LogP contribution in [0.4, 0.5) is 0 Å². The number of ether oxygens (including phenoxy) is 2. The SMILES string of the molecule is CCOCc1cc(CN2CCc3nc([C@H]4CCCN4)ncc3C2)ccc1OC. The van der Waals surface area contributed by atoms with Crippen molar-refractivity contribution < 1.29 is 9.47 Å². The summed E-state index contributed by atoms with van der Waals surface area (Å²) in [7, 11) is 1.71. The van der Waals surface area contributed by atoms with Crippen molar-refractivity contribution in [2.75, 3.05) is 26.8 Å². The third-order valence-corrected chi connectivity index (χ3v) is 5.62. The summed E-state index contributed by atoms with van der Waals surface area (Å²) in [5.41, 5.74) is 4.88. The maximum absolute atomic E-state index is 5.59. The lowest BCUT2D eigenvalue weighted by molar-refractivity contribution is 0.132. The van der Waals surface area contributed by atoms with Crippen LogP contribution in [0.2, 0.25) is 0 Å². The zero-order chi connectivity index (χ0) is 19.3. The van der Waals surface area contributed by atoms with Crippen molar-refractivity contribution in [2.45, 2.75) is 51.9 Å². The van der Waals surface area contributed by atoms with Crippen LogP contribution in [0.25, 0.3) is 0 Å². The van der Waals surface area contributed by atoms with Gasteiger partial charge in [0, 0.05) is 55.7 Å². The molecule has 6 heteroatoms. The average Bonchev–Trinajstić information content (AvgIpc) is 3.27. The normalized spacial score (nSPS) is 19.6. The molecule has 0 aliphatic carbocycles. The molecular weight excluding hydrogens is 352 g/mol. The Morgan fingerprint density at radius 2 is 2.25 bits per heavy atom. The molecule has 28 heavy (non-hydrogen) atoms. The van der Waals surface area contributed by atoms with E-state index in [1.54, 1.807) is 7.11 Å². The van der Waals surface area contributed by atoms with Crippen LogP contribution in [0.1, 0.15) is 54.0 Å². The molecule has 1 N–H and O–H groups in total. The summed E-state index contributed by atoms with van der Waals surface area (Å²) in [6.07, 6.45) is 5.39. The van der Waals surface area contributed by atoms with E-state index in [-0.39, 0.29) is 0 Å². The predicted molar refractivity (Wildman–Crippen MR) is 108 cm³/mol. The van der Waals surface area contributed by atoms with Crippen LogP contribution in [-0.2, 0) is 30.9 Å². The minimum absolute atomic E-state index is 0.339. The Bertz CT molecular complexity index is 805. The number of aromatic nitrogens is 2. The van der Waals surface area contributed by atoms with Crippen molar-refractivity contribution in [3.05, 3.63) is 52.6 Å². The topological polar surface area (TPSA) is 59.5 Å². The van der Waals surface area contributed by atoms with Gasteiger partial charge in [-0.15, -0.1) is 0 Å². The molecule has 0 unspecified atom stereocenters. The number of nitrogens with zero attached hydrogens (tertiary/aromatic N) is 3. The van der Waals surface area contributed by atoms with Gasteiger partial charge in [-0.1, -0.05) is 6.07 Å². The lowest BCUT2D eigenvalue weighted by Gasteiger charge is -2.28. The number of hydrogen-bond donors (Lipinski definition) is 1. The summed E-state index contributed by atoms with van der Waals surface area (Å²) >= 11 is 0. The predicted octanol–water partition coefficient (Wildman–Crippen LogP) is 3.00. The number of fused-ring (bicyclic) bond motifs is 1. The smallest absolute Gasteiger partial charge is 0.145 e. The van der Waals surface area contributed by atoms with Crippen molar-refractivity contribution >= 4 is 0 Å². The van der Waals surface area contributed by atoms with Crippen molar-refractivity contribution in [2.24, 2.45) is 0 Å². The first-order valence-electron chi connectivity index (χ1n) is 10.3. The fourth-order valence-corrected chi connectivity index (χ4v) is 4.11. The highest BCUT2D eigenvalue weighted by Crippen LogP contribution is 2.25. The minimum Gasteiger partial charge on any atom is -0.496 e. The highest BCUT2D eigenvalue weighted by molar-refractivity contribution is 5.37. The zero-order valence-electron chi connectivity index (χ0n) is 16.9. The minimum atomic E-state index is 0.339. The molecule has 150 valence electrons. The van der Waals surface area contributed by atoms with Gasteiger partial charge >= 0.3 is 0 Å². The first kappa shape index (κ1) is 19.3. The summed E-state index contributed by atoms with van der Waals surface area (Å²) < 4.78 is 11.1. The monoisotopic (exact) mass is 382 g/mol. The fraction of sp³-hybridized carbons (Fsp3) is 0.545. The molecule has 4 rings (SSSR count). The molecule has 0 spiro atoms. The summed E-state index contributed by atoms with van der Waals surface area (Å²) in [6, 6.07) is 6.74. The Morgan fingerprint density at radius 3 is 3.04 bits per heavy atom. The van der Waals surface area contributed by atoms with E-state index in [0.29, 0.717) is 19.3 Å². The van der Waals surface area contributed by atoms with Gasteiger partial charge in [0.05, 0.1) is 19.8 Å². The van der Waals surface area contributed by atoms with Gasteiger partial charge in [-0.3, -0.25) is 4.90 Å². The van der Waals surface area contributed by atoms with Gasteiger partial charge in [0.2, 0.25) is 0 Å². The molecule has 1 fully saturated rings. The third-order valence-electron chi connectivity index (χ3n) is 5.62. The van der Waals surface area contributed by atoms with E-state index in [2.05, 4.69) is 27.3 Å². The standard InChI is InChI=1S/C22H30N4O2/c1-3-28-15-17-11-16(6-7-21(17)27-2)13-26-10-8-19-18(14-26)12-24-22(25-19)20-5-4-9-23-20/h6-7,11-12,20,23H,3-5,8-10,13-15H2,1-2H3/t20-/m1/s1. The summed E-state index contributed by atoms with van der Waals surface area (Å²) in [6.45, 7) is 7.21. The van der Waals surface area contributed by atoms with Gasteiger partial charge in [-0.25, -0.2) is 9.97 Å². The quantitative estimate of drug-likeness (QED) is 0.794. The molecule has 3 heterocycles. The molecule has 1 atom stereocenters. The fourth-order valence-electron chi connectivity index (χ4n) is 4.11. The third kappa shape index (κ3) is 4.35. The largest absolute Gasteiger partial charge is 0.496 e. The molecule has 1 aromatic carbocycles. The Labute approximate surface area is 167 Å². The molecular formula is C22H30N4O2. The summed E-state index contributed by atoms with van der Waals surface area (Å²) in [5, 5.41) is 3.49. The van der Waals surface area contributed by atoms with Gasteiger partial charge < -0.3 is 14.8 Å². The number of nitrogens with one attached hydrogen (secondary N) is 1. The van der Waals surface area contributed by atoms with Crippen LogP contribution in [-0.4, -0.2) is 41.7 Å². The zero-order valence-corrected chi connectivity index (χ0v) is 16.9. The van der Waals surface area contributed by atoms with Crippen LogP contribution in [0.15, 0.2) is 24.4 Å². The van der Waals surface area contributed by atoms with Gasteiger partial charge in [-0.05, 0) is 44.0 Å². The molecule has 0 saturated carbocycles. The summed E-state index contributed by atoms with van der Waals surface area (Å²) in [4.78, 5) is 12.0. The van der Waals surface area contributed by atoms with Crippen LogP contribution in [0.3, 0.4) is 0 Å². The Morgan fingerprint density at radius 1 is 1.32 bits per heavy atom. The molecule has 1 aromatic heterocycles. The summed E-state index contributed by atoms with van der Waals surface area (Å²) in [5.74, 6) is 1.86. The maximum Gasteiger partial charge on any atom is 0.145 e. The van der Waals surface area contributed by atoms with Gasteiger partial charge in [0.25, 0.3) is 0 Å². The molecule has 2 aliphatic rings.